The zero-order chi connectivity index (χ0) is 14.0. The summed E-state index contributed by atoms with van der Waals surface area (Å²) in [6, 6.07) is 5.44. The van der Waals surface area contributed by atoms with Gasteiger partial charge in [-0.3, -0.25) is 4.79 Å². The number of piperidine rings is 1. The van der Waals surface area contributed by atoms with Crippen molar-refractivity contribution in [2.75, 3.05) is 13.1 Å². The number of hydrogen-bond donors (Lipinski definition) is 1. The normalized spacial score (nSPS) is 18.4. The van der Waals surface area contributed by atoms with Crippen LogP contribution in [-0.2, 0) is 0 Å². The van der Waals surface area contributed by atoms with Crippen molar-refractivity contribution in [3.8, 4) is 0 Å². The molecule has 3 nitrogen and oxygen atoms in total. The van der Waals surface area contributed by atoms with E-state index < -0.39 is 0 Å². The Morgan fingerprint density at radius 3 is 2.53 bits per heavy atom. The summed E-state index contributed by atoms with van der Waals surface area (Å²) in [5, 5.41) is 10.2. The van der Waals surface area contributed by atoms with E-state index in [1.54, 1.807) is 6.07 Å². The SMILES string of the molecule is Cc1cc(Cl)cc(C(=O)N2CCC(C(C)O)CC2)c1. The van der Waals surface area contributed by atoms with Crippen LogP contribution in [0, 0.1) is 12.8 Å². The zero-order valence-corrected chi connectivity index (χ0v) is 12.2. The molecule has 1 atom stereocenters. The van der Waals surface area contributed by atoms with Gasteiger partial charge in [-0.2, -0.15) is 0 Å². The fourth-order valence-corrected chi connectivity index (χ4v) is 2.92. The summed E-state index contributed by atoms with van der Waals surface area (Å²) >= 11 is 5.99. The number of carbonyl (C=O) groups is 1. The molecule has 1 aromatic carbocycles. The van der Waals surface area contributed by atoms with Crippen molar-refractivity contribution in [2.24, 2.45) is 5.92 Å². The highest BCUT2D eigenvalue weighted by Crippen LogP contribution is 2.23. The molecule has 104 valence electrons. The molecule has 1 aromatic rings. The van der Waals surface area contributed by atoms with Crippen molar-refractivity contribution in [1.29, 1.82) is 0 Å². The standard InChI is InChI=1S/C15H20ClNO2/c1-10-7-13(9-14(16)8-10)15(19)17-5-3-12(4-6-17)11(2)18/h7-9,11-12,18H,3-6H2,1-2H3. The summed E-state index contributed by atoms with van der Waals surface area (Å²) in [4.78, 5) is 14.2. The van der Waals surface area contributed by atoms with Crippen LogP contribution in [-0.4, -0.2) is 35.1 Å². The number of halogens is 1. The number of benzene rings is 1. The second-order valence-corrected chi connectivity index (χ2v) is 5.82. The van der Waals surface area contributed by atoms with E-state index in [9.17, 15) is 9.90 Å². The number of nitrogens with zero attached hydrogens (tertiary/aromatic N) is 1. The third kappa shape index (κ3) is 3.48. The van der Waals surface area contributed by atoms with E-state index in [1.165, 1.54) is 0 Å². The van der Waals surface area contributed by atoms with Crippen LogP contribution in [0.3, 0.4) is 0 Å². The van der Waals surface area contributed by atoms with Crippen molar-refractivity contribution in [3.63, 3.8) is 0 Å². The lowest BCUT2D eigenvalue weighted by atomic mass is 9.92. The van der Waals surface area contributed by atoms with Crippen LogP contribution in [0.15, 0.2) is 18.2 Å². The molecule has 19 heavy (non-hydrogen) atoms. The minimum Gasteiger partial charge on any atom is -0.393 e. The molecule has 1 amide bonds. The van der Waals surface area contributed by atoms with Crippen LogP contribution >= 0.6 is 11.6 Å². The third-order valence-electron chi connectivity index (χ3n) is 3.80. The second kappa shape index (κ2) is 5.93. The number of aryl methyl sites for hydroxylation is 1. The van der Waals surface area contributed by atoms with Crippen molar-refractivity contribution < 1.29 is 9.90 Å². The van der Waals surface area contributed by atoms with Gasteiger partial charge in [0, 0.05) is 23.7 Å². The van der Waals surface area contributed by atoms with E-state index >= 15 is 0 Å². The summed E-state index contributed by atoms with van der Waals surface area (Å²) in [6.07, 6.45) is 1.44. The molecule has 1 fully saturated rings. The third-order valence-corrected chi connectivity index (χ3v) is 4.02. The van der Waals surface area contributed by atoms with Gasteiger partial charge in [-0.25, -0.2) is 0 Å². The molecule has 0 aliphatic carbocycles. The fourth-order valence-electron chi connectivity index (χ4n) is 2.63. The van der Waals surface area contributed by atoms with Crippen LogP contribution in [0.25, 0.3) is 0 Å². The summed E-state index contributed by atoms with van der Waals surface area (Å²) in [7, 11) is 0. The van der Waals surface area contributed by atoms with Gasteiger partial charge in [0.15, 0.2) is 0 Å². The number of likely N-dealkylation sites (tertiary alicyclic amines) is 1. The Bertz CT molecular complexity index is 445. The van der Waals surface area contributed by atoms with Gasteiger partial charge in [0.05, 0.1) is 6.10 Å². The van der Waals surface area contributed by atoms with Gasteiger partial charge < -0.3 is 10.0 Å². The number of carbonyl (C=O) groups excluding carboxylic acids is 1. The van der Waals surface area contributed by atoms with Crippen LogP contribution < -0.4 is 0 Å². The van der Waals surface area contributed by atoms with E-state index in [1.807, 2.05) is 30.9 Å². The lowest BCUT2D eigenvalue weighted by molar-refractivity contribution is 0.0521. The molecule has 1 heterocycles. The quantitative estimate of drug-likeness (QED) is 0.905. The first-order valence-electron chi connectivity index (χ1n) is 6.72. The van der Waals surface area contributed by atoms with E-state index in [4.69, 9.17) is 11.6 Å². The maximum absolute atomic E-state index is 12.4. The zero-order valence-electron chi connectivity index (χ0n) is 11.4. The minimum absolute atomic E-state index is 0.0367. The lowest BCUT2D eigenvalue weighted by Gasteiger charge is -2.33. The maximum Gasteiger partial charge on any atom is 0.253 e. The molecule has 1 N–H and O–H groups in total. The number of aliphatic hydroxyl groups excluding tert-OH is 1. The summed E-state index contributed by atoms with van der Waals surface area (Å²) in [5.74, 6) is 0.347. The van der Waals surface area contributed by atoms with Gasteiger partial charge in [-0.05, 0) is 56.4 Å². The smallest absolute Gasteiger partial charge is 0.253 e. The number of rotatable bonds is 2. The molecule has 1 unspecified atom stereocenters. The number of hydrogen-bond acceptors (Lipinski definition) is 2. The Morgan fingerprint density at radius 1 is 1.37 bits per heavy atom. The average Bonchev–Trinajstić information content (AvgIpc) is 2.37. The maximum atomic E-state index is 12.4. The van der Waals surface area contributed by atoms with Crippen LogP contribution in [0.1, 0.15) is 35.7 Å². The predicted molar refractivity (Wildman–Crippen MR) is 76.5 cm³/mol. The minimum atomic E-state index is -0.286. The van der Waals surface area contributed by atoms with Gasteiger partial charge in [0.25, 0.3) is 5.91 Å². The van der Waals surface area contributed by atoms with Gasteiger partial charge in [-0.1, -0.05) is 11.6 Å². The number of amides is 1. The monoisotopic (exact) mass is 281 g/mol. The summed E-state index contributed by atoms with van der Waals surface area (Å²) in [6.45, 7) is 5.17. The second-order valence-electron chi connectivity index (χ2n) is 5.39. The van der Waals surface area contributed by atoms with Crippen LogP contribution in [0.2, 0.25) is 5.02 Å². The van der Waals surface area contributed by atoms with Crippen molar-refractivity contribution in [3.05, 3.63) is 34.3 Å². The Kier molecular flexibility index (Phi) is 4.48. The van der Waals surface area contributed by atoms with Crippen molar-refractivity contribution >= 4 is 17.5 Å². The Hall–Kier alpha value is -1.06. The van der Waals surface area contributed by atoms with Crippen LogP contribution in [0.4, 0.5) is 0 Å². The molecule has 1 aliphatic heterocycles. The van der Waals surface area contributed by atoms with Gasteiger partial charge in [-0.15, -0.1) is 0 Å². The van der Waals surface area contributed by atoms with Crippen molar-refractivity contribution in [2.45, 2.75) is 32.8 Å². The fraction of sp³-hybridized carbons (Fsp3) is 0.533. The molecular weight excluding hydrogens is 262 g/mol. The van der Waals surface area contributed by atoms with E-state index in [0.29, 0.717) is 29.6 Å². The number of aliphatic hydroxyl groups is 1. The largest absolute Gasteiger partial charge is 0.393 e. The van der Waals surface area contributed by atoms with E-state index in [2.05, 4.69) is 0 Å². The molecule has 0 aromatic heterocycles. The van der Waals surface area contributed by atoms with Gasteiger partial charge in [0.1, 0.15) is 0 Å². The highest BCUT2D eigenvalue weighted by molar-refractivity contribution is 6.31. The predicted octanol–water partition coefficient (Wildman–Crippen LogP) is 2.88. The molecule has 0 bridgehead atoms. The Morgan fingerprint density at radius 2 is 2.00 bits per heavy atom. The Balaban J connectivity index is 2.05. The Labute approximate surface area is 119 Å². The van der Waals surface area contributed by atoms with Crippen molar-refractivity contribution in [1.82, 2.24) is 4.90 Å². The van der Waals surface area contributed by atoms with E-state index in [0.717, 1.165) is 18.4 Å². The molecule has 2 rings (SSSR count). The molecule has 0 radical (unpaired) electrons. The van der Waals surface area contributed by atoms with Gasteiger partial charge in [0.2, 0.25) is 0 Å². The molecular formula is C15H20ClNO2. The van der Waals surface area contributed by atoms with Gasteiger partial charge >= 0.3 is 0 Å². The molecule has 1 aliphatic rings. The summed E-state index contributed by atoms with van der Waals surface area (Å²) in [5.41, 5.74) is 1.65. The average molecular weight is 282 g/mol. The highest BCUT2D eigenvalue weighted by Gasteiger charge is 2.26. The highest BCUT2D eigenvalue weighted by atomic mass is 35.5. The van der Waals surface area contributed by atoms with E-state index in [-0.39, 0.29) is 12.0 Å². The molecule has 4 heteroatoms. The molecule has 0 saturated carbocycles. The lowest BCUT2D eigenvalue weighted by Crippen LogP contribution is -2.40. The summed E-state index contributed by atoms with van der Waals surface area (Å²) < 4.78 is 0. The first-order chi connectivity index (χ1) is 8.97. The topological polar surface area (TPSA) is 40.5 Å². The molecule has 1 saturated heterocycles. The first-order valence-corrected chi connectivity index (χ1v) is 7.09. The first kappa shape index (κ1) is 14.4. The molecule has 0 spiro atoms. The van der Waals surface area contributed by atoms with Crippen LogP contribution in [0.5, 0.6) is 0 Å².